The Bertz CT molecular complexity index is 404. The predicted octanol–water partition coefficient (Wildman–Crippen LogP) is 2.86. The van der Waals surface area contributed by atoms with E-state index in [0.29, 0.717) is 6.42 Å². The topological polar surface area (TPSA) is 38.3 Å². The molecule has 0 aromatic heterocycles. The van der Waals surface area contributed by atoms with Crippen molar-refractivity contribution in [2.75, 3.05) is 6.54 Å². The predicted molar refractivity (Wildman–Crippen MR) is 78.2 cm³/mol. The molecule has 1 rings (SSSR count). The summed E-state index contributed by atoms with van der Waals surface area (Å²) < 4.78 is 5.45. The zero-order valence-corrected chi connectivity index (χ0v) is 12.6. The van der Waals surface area contributed by atoms with Crippen LogP contribution in [0, 0.1) is 6.92 Å². The highest BCUT2D eigenvalue weighted by Crippen LogP contribution is 2.12. The quantitative estimate of drug-likeness (QED) is 0.830. The summed E-state index contributed by atoms with van der Waals surface area (Å²) in [5.74, 6) is -0.185. The lowest BCUT2D eigenvalue weighted by atomic mass is 10.0. The molecule has 0 saturated heterocycles. The van der Waals surface area contributed by atoms with Gasteiger partial charge in [-0.15, -0.1) is 0 Å². The first kappa shape index (κ1) is 15.7. The normalized spacial score (nSPS) is 13.1. The van der Waals surface area contributed by atoms with Crippen LogP contribution in [0.25, 0.3) is 0 Å². The number of hydrogen-bond acceptors (Lipinski definition) is 3. The lowest BCUT2D eigenvalue weighted by Crippen LogP contribution is -2.42. The molecule has 0 saturated carbocycles. The molecule has 1 aromatic rings. The summed E-state index contributed by atoms with van der Waals surface area (Å²) in [6.45, 7) is 10.5. The van der Waals surface area contributed by atoms with Gasteiger partial charge in [-0.05, 0) is 46.2 Å². The van der Waals surface area contributed by atoms with Gasteiger partial charge in [0.25, 0.3) is 0 Å². The maximum Gasteiger partial charge on any atom is 0.323 e. The first-order valence-electron chi connectivity index (χ1n) is 6.83. The number of benzene rings is 1. The summed E-state index contributed by atoms with van der Waals surface area (Å²) in [7, 11) is 0. The number of hydrogen-bond donors (Lipinski definition) is 1. The average Bonchev–Trinajstić information content (AvgIpc) is 2.29. The fraction of sp³-hybridized carbons (Fsp3) is 0.562. The largest absolute Gasteiger partial charge is 0.459 e. The number of carbonyl (C=O) groups excluding carboxylic acids is 1. The standard InChI is InChI=1S/C16H25NO2/c1-6-17-14(15(18)19-16(3,4)5)11-13-9-7-12(2)8-10-13/h7-10,14,17H,6,11H2,1-5H3/t14-/m0/s1. The van der Waals surface area contributed by atoms with Crippen molar-refractivity contribution in [2.45, 2.75) is 52.7 Å². The molecule has 3 heteroatoms. The molecule has 1 N–H and O–H groups in total. The van der Waals surface area contributed by atoms with Gasteiger partial charge in [-0.2, -0.15) is 0 Å². The summed E-state index contributed by atoms with van der Waals surface area (Å²) in [4.78, 5) is 12.1. The van der Waals surface area contributed by atoms with Gasteiger partial charge in [-0.3, -0.25) is 4.79 Å². The van der Waals surface area contributed by atoms with Crippen LogP contribution in [0.1, 0.15) is 38.8 Å². The molecule has 1 atom stereocenters. The Labute approximate surface area is 116 Å². The smallest absolute Gasteiger partial charge is 0.323 e. The van der Waals surface area contributed by atoms with Crippen LogP contribution >= 0.6 is 0 Å². The first-order valence-corrected chi connectivity index (χ1v) is 6.83. The minimum atomic E-state index is -0.446. The molecular formula is C16H25NO2. The highest BCUT2D eigenvalue weighted by atomic mass is 16.6. The SMILES string of the molecule is CCN[C@@H](Cc1ccc(C)cc1)C(=O)OC(C)(C)C. The lowest BCUT2D eigenvalue weighted by Gasteiger charge is -2.24. The second kappa shape index (κ2) is 6.71. The molecular weight excluding hydrogens is 238 g/mol. The van der Waals surface area contributed by atoms with E-state index < -0.39 is 5.60 Å². The fourth-order valence-electron chi connectivity index (χ4n) is 1.82. The molecule has 0 spiro atoms. The Balaban J connectivity index is 2.72. The van der Waals surface area contributed by atoms with Crippen LogP contribution in [0.2, 0.25) is 0 Å². The Morgan fingerprint density at radius 3 is 2.32 bits per heavy atom. The third kappa shape index (κ3) is 5.88. The average molecular weight is 263 g/mol. The number of ether oxygens (including phenoxy) is 1. The highest BCUT2D eigenvalue weighted by Gasteiger charge is 2.24. The molecule has 0 aliphatic heterocycles. The molecule has 0 radical (unpaired) electrons. The second-order valence-corrected chi connectivity index (χ2v) is 5.83. The number of carbonyl (C=O) groups is 1. The molecule has 0 fully saturated rings. The van der Waals surface area contributed by atoms with Gasteiger partial charge in [0.15, 0.2) is 0 Å². The van der Waals surface area contributed by atoms with Crippen molar-refractivity contribution >= 4 is 5.97 Å². The number of likely N-dealkylation sites (N-methyl/N-ethyl adjacent to an activating group) is 1. The van der Waals surface area contributed by atoms with E-state index in [1.165, 1.54) is 5.56 Å². The summed E-state index contributed by atoms with van der Waals surface area (Å²) >= 11 is 0. The van der Waals surface area contributed by atoms with Gasteiger partial charge in [-0.1, -0.05) is 36.8 Å². The summed E-state index contributed by atoms with van der Waals surface area (Å²) in [6, 6.07) is 7.96. The van der Waals surface area contributed by atoms with Crippen molar-refractivity contribution in [2.24, 2.45) is 0 Å². The van der Waals surface area contributed by atoms with E-state index in [9.17, 15) is 4.79 Å². The number of nitrogens with one attached hydrogen (secondary N) is 1. The van der Waals surface area contributed by atoms with Crippen LogP contribution < -0.4 is 5.32 Å². The molecule has 106 valence electrons. The zero-order chi connectivity index (χ0) is 14.5. The van der Waals surface area contributed by atoms with Crippen LogP contribution in [-0.2, 0) is 16.0 Å². The Hall–Kier alpha value is -1.35. The van der Waals surface area contributed by atoms with Gasteiger partial charge in [0.1, 0.15) is 11.6 Å². The van der Waals surface area contributed by atoms with Crippen molar-refractivity contribution < 1.29 is 9.53 Å². The Morgan fingerprint density at radius 2 is 1.84 bits per heavy atom. The number of rotatable bonds is 5. The molecule has 0 unspecified atom stereocenters. The molecule has 0 aliphatic carbocycles. The zero-order valence-electron chi connectivity index (χ0n) is 12.6. The number of aryl methyl sites for hydroxylation is 1. The maximum atomic E-state index is 12.1. The molecule has 0 heterocycles. The van der Waals surface area contributed by atoms with Crippen LogP contribution in [0.3, 0.4) is 0 Å². The minimum Gasteiger partial charge on any atom is -0.459 e. The van der Waals surface area contributed by atoms with Gasteiger partial charge in [0.05, 0.1) is 0 Å². The maximum absolute atomic E-state index is 12.1. The molecule has 0 bridgehead atoms. The molecule has 0 aliphatic rings. The molecule has 0 amide bonds. The van der Waals surface area contributed by atoms with Gasteiger partial charge in [0.2, 0.25) is 0 Å². The van der Waals surface area contributed by atoms with Gasteiger partial charge in [-0.25, -0.2) is 0 Å². The molecule has 3 nitrogen and oxygen atoms in total. The Morgan fingerprint density at radius 1 is 1.26 bits per heavy atom. The van der Waals surface area contributed by atoms with E-state index in [1.807, 2.05) is 27.7 Å². The van der Waals surface area contributed by atoms with Crippen LogP contribution in [-0.4, -0.2) is 24.2 Å². The van der Waals surface area contributed by atoms with Crippen molar-refractivity contribution in [1.82, 2.24) is 5.32 Å². The van der Waals surface area contributed by atoms with Crippen molar-refractivity contribution in [3.8, 4) is 0 Å². The first-order chi connectivity index (χ1) is 8.81. The van der Waals surface area contributed by atoms with E-state index >= 15 is 0 Å². The van der Waals surface area contributed by atoms with Crippen molar-refractivity contribution in [3.63, 3.8) is 0 Å². The second-order valence-electron chi connectivity index (χ2n) is 5.83. The monoisotopic (exact) mass is 263 g/mol. The summed E-state index contributed by atoms with van der Waals surface area (Å²) in [5, 5.41) is 3.19. The van der Waals surface area contributed by atoms with Gasteiger partial charge in [0, 0.05) is 0 Å². The van der Waals surface area contributed by atoms with Gasteiger partial charge < -0.3 is 10.1 Å². The minimum absolute atomic E-state index is 0.185. The molecule has 19 heavy (non-hydrogen) atoms. The highest BCUT2D eigenvalue weighted by molar-refractivity contribution is 5.76. The van der Waals surface area contributed by atoms with Crippen LogP contribution in [0.5, 0.6) is 0 Å². The lowest BCUT2D eigenvalue weighted by molar-refractivity contribution is -0.157. The summed E-state index contributed by atoms with van der Waals surface area (Å²) in [5.41, 5.74) is 1.92. The van der Waals surface area contributed by atoms with E-state index in [0.717, 1.165) is 12.1 Å². The Kier molecular flexibility index (Phi) is 5.55. The van der Waals surface area contributed by atoms with E-state index in [-0.39, 0.29) is 12.0 Å². The van der Waals surface area contributed by atoms with E-state index in [4.69, 9.17) is 4.74 Å². The molecule has 1 aromatic carbocycles. The van der Waals surface area contributed by atoms with E-state index in [2.05, 4.69) is 36.5 Å². The number of esters is 1. The third-order valence-corrected chi connectivity index (χ3v) is 2.70. The third-order valence-electron chi connectivity index (χ3n) is 2.70. The van der Waals surface area contributed by atoms with E-state index in [1.54, 1.807) is 0 Å². The summed E-state index contributed by atoms with van der Waals surface area (Å²) in [6.07, 6.45) is 0.656. The van der Waals surface area contributed by atoms with Crippen LogP contribution in [0.15, 0.2) is 24.3 Å². The van der Waals surface area contributed by atoms with Crippen molar-refractivity contribution in [3.05, 3.63) is 35.4 Å². The van der Waals surface area contributed by atoms with Crippen LogP contribution in [0.4, 0.5) is 0 Å². The van der Waals surface area contributed by atoms with Gasteiger partial charge >= 0.3 is 5.97 Å². The van der Waals surface area contributed by atoms with Crippen molar-refractivity contribution in [1.29, 1.82) is 0 Å². The fourth-order valence-corrected chi connectivity index (χ4v) is 1.82.